The van der Waals surface area contributed by atoms with Crippen molar-refractivity contribution >= 4 is 29.1 Å². The molecule has 0 saturated carbocycles. The Morgan fingerprint density at radius 1 is 1.41 bits per heavy atom. The van der Waals surface area contributed by atoms with Crippen molar-refractivity contribution in [3.63, 3.8) is 0 Å². The van der Waals surface area contributed by atoms with Gasteiger partial charge in [-0.15, -0.1) is 0 Å². The molecule has 0 fully saturated rings. The molecule has 92 valence electrons. The zero-order valence-corrected chi connectivity index (χ0v) is 9.99. The minimum atomic E-state index is -0.800. The Bertz CT molecular complexity index is 423. The Morgan fingerprint density at radius 2 is 2.12 bits per heavy atom. The number of benzene rings is 1. The maximum absolute atomic E-state index is 11.4. The highest BCUT2D eigenvalue weighted by Gasteiger charge is 2.15. The van der Waals surface area contributed by atoms with Crippen LogP contribution in [0.25, 0.3) is 0 Å². The van der Waals surface area contributed by atoms with Gasteiger partial charge in [0, 0.05) is 16.8 Å². The van der Waals surface area contributed by atoms with Gasteiger partial charge in [-0.05, 0) is 25.1 Å². The molecular formula is C11H13ClN2O3. The summed E-state index contributed by atoms with van der Waals surface area (Å²) < 4.78 is 0. The molecule has 1 unspecified atom stereocenters. The molecule has 0 spiro atoms. The van der Waals surface area contributed by atoms with Gasteiger partial charge in [0.05, 0.1) is 6.61 Å². The number of aliphatic hydroxyl groups excluding tert-OH is 1. The van der Waals surface area contributed by atoms with E-state index < -0.39 is 17.9 Å². The van der Waals surface area contributed by atoms with Crippen molar-refractivity contribution in [1.82, 2.24) is 5.32 Å². The number of carbonyl (C=O) groups excluding carboxylic acids is 2. The van der Waals surface area contributed by atoms with Crippen molar-refractivity contribution in [1.29, 1.82) is 0 Å². The lowest BCUT2D eigenvalue weighted by molar-refractivity contribution is -0.136. The Labute approximate surface area is 104 Å². The summed E-state index contributed by atoms with van der Waals surface area (Å²) in [4.78, 5) is 22.8. The van der Waals surface area contributed by atoms with Gasteiger partial charge in [0.1, 0.15) is 0 Å². The normalized spacial score (nSPS) is 11.7. The molecule has 0 heterocycles. The summed E-state index contributed by atoms with van der Waals surface area (Å²) in [6.07, 6.45) is 0. The minimum absolute atomic E-state index is 0.226. The highest BCUT2D eigenvalue weighted by Crippen LogP contribution is 2.14. The van der Waals surface area contributed by atoms with E-state index in [1.807, 2.05) is 0 Å². The summed E-state index contributed by atoms with van der Waals surface area (Å²) in [6, 6.07) is 6.00. The smallest absolute Gasteiger partial charge is 0.313 e. The van der Waals surface area contributed by atoms with Gasteiger partial charge in [0.25, 0.3) is 0 Å². The third kappa shape index (κ3) is 4.42. The minimum Gasteiger partial charge on any atom is -0.394 e. The van der Waals surface area contributed by atoms with E-state index in [0.29, 0.717) is 10.7 Å². The standard InChI is InChI=1S/C11H13ClN2O3/c1-7(6-15)13-10(16)11(17)14-9-4-2-3-8(12)5-9/h2-5,7,15H,6H2,1H3,(H,13,16)(H,14,17). The molecule has 3 N–H and O–H groups in total. The average Bonchev–Trinajstić information content (AvgIpc) is 2.28. The first-order chi connectivity index (χ1) is 8.02. The molecule has 5 nitrogen and oxygen atoms in total. The monoisotopic (exact) mass is 256 g/mol. The van der Waals surface area contributed by atoms with Crippen molar-refractivity contribution in [3.8, 4) is 0 Å². The van der Waals surface area contributed by atoms with E-state index in [9.17, 15) is 9.59 Å². The number of nitrogens with one attached hydrogen (secondary N) is 2. The van der Waals surface area contributed by atoms with Crippen molar-refractivity contribution in [3.05, 3.63) is 29.3 Å². The number of halogens is 1. The molecule has 0 aliphatic heterocycles. The molecule has 0 aromatic heterocycles. The van der Waals surface area contributed by atoms with E-state index in [1.54, 1.807) is 25.1 Å². The molecule has 0 saturated heterocycles. The van der Waals surface area contributed by atoms with E-state index in [0.717, 1.165) is 0 Å². The van der Waals surface area contributed by atoms with Crippen LogP contribution in [-0.4, -0.2) is 29.6 Å². The average molecular weight is 257 g/mol. The van der Waals surface area contributed by atoms with Crippen LogP contribution in [0.4, 0.5) is 5.69 Å². The third-order valence-electron chi connectivity index (χ3n) is 1.94. The number of carbonyl (C=O) groups is 2. The van der Waals surface area contributed by atoms with E-state index in [2.05, 4.69) is 10.6 Å². The fourth-order valence-corrected chi connectivity index (χ4v) is 1.28. The fraction of sp³-hybridized carbons (Fsp3) is 0.273. The lowest BCUT2D eigenvalue weighted by Crippen LogP contribution is -2.42. The van der Waals surface area contributed by atoms with Crippen LogP contribution in [0, 0.1) is 0 Å². The van der Waals surface area contributed by atoms with Gasteiger partial charge < -0.3 is 15.7 Å². The second-order valence-electron chi connectivity index (χ2n) is 3.52. The van der Waals surface area contributed by atoms with Gasteiger partial charge in [0.2, 0.25) is 0 Å². The van der Waals surface area contributed by atoms with Crippen LogP contribution >= 0.6 is 11.6 Å². The number of hydrogen-bond acceptors (Lipinski definition) is 3. The van der Waals surface area contributed by atoms with Gasteiger partial charge in [-0.3, -0.25) is 9.59 Å². The van der Waals surface area contributed by atoms with Crippen molar-refractivity contribution in [2.24, 2.45) is 0 Å². The van der Waals surface area contributed by atoms with Crippen molar-refractivity contribution in [2.75, 3.05) is 11.9 Å². The number of rotatable bonds is 3. The van der Waals surface area contributed by atoms with Crippen LogP contribution in [-0.2, 0) is 9.59 Å². The van der Waals surface area contributed by atoms with Crippen LogP contribution in [0.1, 0.15) is 6.92 Å². The Balaban J connectivity index is 2.57. The number of anilines is 1. The first kappa shape index (κ1) is 13.5. The van der Waals surface area contributed by atoms with Crippen molar-refractivity contribution in [2.45, 2.75) is 13.0 Å². The molecule has 1 rings (SSSR count). The summed E-state index contributed by atoms with van der Waals surface area (Å²) in [6.45, 7) is 1.36. The summed E-state index contributed by atoms with van der Waals surface area (Å²) in [7, 11) is 0. The third-order valence-corrected chi connectivity index (χ3v) is 2.18. The predicted molar refractivity (Wildman–Crippen MR) is 64.8 cm³/mol. The van der Waals surface area contributed by atoms with Crippen LogP contribution in [0.2, 0.25) is 5.02 Å². The molecule has 0 radical (unpaired) electrons. The first-order valence-electron chi connectivity index (χ1n) is 5.01. The Hall–Kier alpha value is -1.59. The maximum atomic E-state index is 11.4. The Morgan fingerprint density at radius 3 is 2.71 bits per heavy atom. The molecule has 6 heteroatoms. The molecule has 0 aliphatic carbocycles. The van der Waals surface area contributed by atoms with E-state index in [1.165, 1.54) is 6.07 Å². The summed E-state index contributed by atoms with van der Waals surface area (Å²) in [5.41, 5.74) is 0.439. The second kappa shape index (κ2) is 6.22. The zero-order chi connectivity index (χ0) is 12.8. The number of aliphatic hydroxyl groups is 1. The number of amides is 2. The molecule has 1 atom stereocenters. The quantitative estimate of drug-likeness (QED) is 0.699. The molecule has 0 aliphatic rings. The zero-order valence-electron chi connectivity index (χ0n) is 9.24. The van der Waals surface area contributed by atoms with Crippen LogP contribution < -0.4 is 10.6 Å². The summed E-state index contributed by atoms with van der Waals surface area (Å²) >= 11 is 5.73. The van der Waals surface area contributed by atoms with Crippen LogP contribution in [0.3, 0.4) is 0 Å². The highest BCUT2D eigenvalue weighted by atomic mass is 35.5. The van der Waals surface area contributed by atoms with Crippen LogP contribution in [0.15, 0.2) is 24.3 Å². The maximum Gasteiger partial charge on any atom is 0.313 e. The molecule has 17 heavy (non-hydrogen) atoms. The highest BCUT2D eigenvalue weighted by molar-refractivity contribution is 6.39. The summed E-state index contributed by atoms with van der Waals surface area (Å²) in [5, 5.41) is 13.9. The fourth-order valence-electron chi connectivity index (χ4n) is 1.09. The Kier molecular flexibility index (Phi) is 4.93. The van der Waals surface area contributed by atoms with Gasteiger partial charge >= 0.3 is 11.8 Å². The van der Waals surface area contributed by atoms with Gasteiger partial charge in [0.15, 0.2) is 0 Å². The second-order valence-corrected chi connectivity index (χ2v) is 3.96. The van der Waals surface area contributed by atoms with E-state index in [-0.39, 0.29) is 6.61 Å². The van der Waals surface area contributed by atoms with E-state index >= 15 is 0 Å². The molecule has 0 bridgehead atoms. The number of hydrogen-bond donors (Lipinski definition) is 3. The van der Waals surface area contributed by atoms with Crippen LogP contribution in [0.5, 0.6) is 0 Å². The summed E-state index contributed by atoms with van der Waals surface area (Å²) in [5.74, 6) is -1.60. The molecule has 2 amide bonds. The van der Waals surface area contributed by atoms with Gasteiger partial charge in [-0.2, -0.15) is 0 Å². The molecule has 1 aromatic rings. The lowest BCUT2D eigenvalue weighted by Gasteiger charge is -2.10. The van der Waals surface area contributed by atoms with Gasteiger partial charge in [-0.1, -0.05) is 17.7 Å². The molecular weight excluding hydrogens is 244 g/mol. The first-order valence-corrected chi connectivity index (χ1v) is 5.39. The lowest BCUT2D eigenvalue weighted by atomic mass is 10.3. The van der Waals surface area contributed by atoms with E-state index in [4.69, 9.17) is 16.7 Å². The SMILES string of the molecule is CC(CO)NC(=O)C(=O)Nc1cccc(Cl)c1. The molecule has 1 aromatic carbocycles. The topological polar surface area (TPSA) is 78.4 Å². The predicted octanol–water partition coefficient (Wildman–Crippen LogP) is 0.775. The van der Waals surface area contributed by atoms with Gasteiger partial charge in [-0.25, -0.2) is 0 Å². The largest absolute Gasteiger partial charge is 0.394 e. The van der Waals surface area contributed by atoms with Crippen molar-refractivity contribution < 1.29 is 14.7 Å².